The van der Waals surface area contributed by atoms with Gasteiger partial charge in [-0.25, -0.2) is 0 Å². The highest BCUT2D eigenvalue weighted by atomic mass is 16.3. The summed E-state index contributed by atoms with van der Waals surface area (Å²) in [5.41, 5.74) is 1.70. The first-order valence-corrected chi connectivity index (χ1v) is 10.1. The van der Waals surface area contributed by atoms with Crippen molar-refractivity contribution in [2.45, 2.75) is 57.2 Å². The van der Waals surface area contributed by atoms with Crippen molar-refractivity contribution in [3.05, 3.63) is 54.0 Å². The highest BCUT2D eigenvalue weighted by molar-refractivity contribution is 6.00. The summed E-state index contributed by atoms with van der Waals surface area (Å²) in [5, 5.41) is 5.87. The molecule has 3 amide bonds. The van der Waals surface area contributed by atoms with E-state index in [1.807, 2.05) is 25.1 Å². The monoisotopic (exact) mass is 395 g/mol. The zero-order valence-electron chi connectivity index (χ0n) is 16.4. The maximum absolute atomic E-state index is 13.2. The molecule has 1 aliphatic carbocycles. The number of aryl methyl sites for hydroxylation is 1. The molecule has 1 saturated carbocycles. The number of hydrogen-bond donors (Lipinski definition) is 2. The van der Waals surface area contributed by atoms with Crippen LogP contribution in [0, 0.1) is 6.92 Å². The SMILES string of the molecule is Cc1cccc(NC(=O)C[C@H]2C(=O)N[C@H]3CCCC[C@@H]3N2C(=O)c2ccco2)c1. The van der Waals surface area contributed by atoms with E-state index in [0.717, 1.165) is 31.2 Å². The van der Waals surface area contributed by atoms with Crippen LogP contribution < -0.4 is 10.6 Å². The number of nitrogens with zero attached hydrogens (tertiary/aromatic N) is 1. The van der Waals surface area contributed by atoms with E-state index in [2.05, 4.69) is 10.6 Å². The molecule has 29 heavy (non-hydrogen) atoms. The molecule has 2 aromatic rings. The Morgan fingerprint density at radius 2 is 2.03 bits per heavy atom. The Balaban J connectivity index is 1.57. The van der Waals surface area contributed by atoms with Crippen LogP contribution in [0.2, 0.25) is 0 Å². The van der Waals surface area contributed by atoms with Gasteiger partial charge in [-0.3, -0.25) is 14.4 Å². The van der Waals surface area contributed by atoms with Gasteiger partial charge in [0.1, 0.15) is 6.04 Å². The predicted molar refractivity (Wildman–Crippen MR) is 107 cm³/mol. The molecule has 2 heterocycles. The fraction of sp³-hybridized carbons (Fsp3) is 0.409. The average Bonchev–Trinajstić information content (AvgIpc) is 3.23. The second-order valence-corrected chi connectivity index (χ2v) is 7.79. The summed E-state index contributed by atoms with van der Waals surface area (Å²) in [6, 6.07) is 9.63. The summed E-state index contributed by atoms with van der Waals surface area (Å²) in [5.74, 6) is -0.738. The molecule has 0 radical (unpaired) electrons. The van der Waals surface area contributed by atoms with Gasteiger partial charge >= 0.3 is 0 Å². The number of carbonyl (C=O) groups excluding carboxylic acids is 3. The number of nitrogens with one attached hydrogen (secondary N) is 2. The van der Waals surface area contributed by atoms with Crippen LogP contribution in [0.3, 0.4) is 0 Å². The Morgan fingerprint density at radius 1 is 1.21 bits per heavy atom. The molecule has 1 saturated heterocycles. The molecular formula is C22H25N3O4. The van der Waals surface area contributed by atoms with Gasteiger partial charge < -0.3 is 20.0 Å². The summed E-state index contributed by atoms with van der Waals surface area (Å²) in [6.45, 7) is 1.94. The zero-order valence-corrected chi connectivity index (χ0v) is 16.4. The second kappa shape index (κ2) is 8.11. The number of carbonyl (C=O) groups is 3. The van der Waals surface area contributed by atoms with Crippen LogP contribution in [-0.2, 0) is 9.59 Å². The van der Waals surface area contributed by atoms with Crippen molar-refractivity contribution in [1.82, 2.24) is 10.2 Å². The third-order valence-corrected chi connectivity index (χ3v) is 5.70. The first-order valence-electron chi connectivity index (χ1n) is 10.1. The van der Waals surface area contributed by atoms with Crippen LogP contribution >= 0.6 is 0 Å². The first kappa shape index (κ1) is 19.2. The van der Waals surface area contributed by atoms with Gasteiger partial charge in [0.05, 0.1) is 18.7 Å². The number of amides is 3. The Morgan fingerprint density at radius 3 is 2.79 bits per heavy atom. The Hall–Kier alpha value is -3.09. The molecular weight excluding hydrogens is 370 g/mol. The summed E-state index contributed by atoms with van der Waals surface area (Å²) in [7, 11) is 0. The number of fused-ring (bicyclic) bond motifs is 1. The van der Waals surface area contributed by atoms with E-state index in [4.69, 9.17) is 4.42 Å². The van der Waals surface area contributed by atoms with Crippen molar-refractivity contribution in [3.63, 3.8) is 0 Å². The van der Waals surface area contributed by atoms with E-state index in [0.29, 0.717) is 5.69 Å². The van der Waals surface area contributed by atoms with Crippen molar-refractivity contribution in [1.29, 1.82) is 0 Å². The molecule has 2 N–H and O–H groups in total. The Labute approximate surface area is 169 Å². The van der Waals surface area contributed by atoms with E-state index >= 15 is 0 Å². The molecule has 7 heteroatoms. The van der Waals surface area contributed by atoms with E-state index < -0.39 is 6.04 Å². The maximum Gasteiger partial charge on any atom is 0.290 e. The number of anilines is 1. The Bertz CT molecular complexity index is 909. The van der Waals surface area contributed by atoms with Crippen molar-refractivity contribution in [2.24, 2.45) is 0 Å². The van der Waals surface area contributed by atoms with Crippen LogP contribution in [0.4, 0.5) is 5.69 Å². The van der Waals surface area contributed by atoms with E-state index in [9.17, 15) is 14.4 Å². The number of hydrogen-bond acceptors (Lipinski definition) is 4. The smallest absolute Gasteiger partial charge is 0.290 e. The highest BCUT2D eigenvalue weighted by Crippen LogP contribution is 2.31. The minimum Gasteiger partial charge on any atom is -0.459 e. The van der Waals surface area contributed by atoms with Gasteiger partial charge in [-0.2, -0.15) is 0 Å². The Kier molecular flexibility index (Phi) is 5.38. The van der Waals surface area contributed by atoms with Crippen LogP contribution in [-0.4, -0.2) is 40.7 Å². The molecule has 1 aromatic heterocycles. The van der Waals surface area contributed by atoms with E-state index in [1.165, 1.54) is 6.26 Å². The second-order valence-electron chi connectivity index (χ2n) is 7.79. The molecule has 3 atom stereocenters. The fourth-order valence-corrected chi connectivity index (χ4v) is 4.37. The normalized spacial score (nSPS) is 23.8. The van der Waals surface area contributed by atoms with Gasteiger partial charge in [-0.05, 0) is 49.6 Å². The van der Waals surface area contributed by atoms with Crippen molar-refractivity contribution >= 4 is 23.4 Å². The van der Waals surface area contributed by atoms with Crippen molar-refractivity contribution in [2.75, 3.05) is 5.32 Å². The number of furan rings is 1. The lowest BCUT2D eigenvalue weighted by Crippen LogP contribution is -2.68. The highest BCUT2D eigenvalue weighted by Gasteiger charge is 2.46. The quantitative estimate of drug-likeness (QED) is 0.833. The van der Waals surface area contributed by atoms with Crippen LogP contribution in [0.1, 0.15) is 48.2 Å². The largest absolute Gasteiger partial charge is 0.459 e. The van der Waals surface area contributed by atoms with Gasteiger partial charge in [-0.1, -0.05) is 25.0 Å². The molecule has 0 spiro atoms. The lowest BCUT2D eigenvalue weighted by molar-refractivity contribution is -0.135. The number of rotatable bonds is 4. The molecule has 7 nitrogen and oxygen atoms in total. The molecule has 0 bridgehead atoms. The van der Waals surface area contributed by atoms with Crippen LogP contribution in [0.5, 0.6) is 0 Å². The average molecular weight is 395 g/mol. The molecule has 152 valence electrons. The molecule has 1 aliphatic heterocycles. The molecule has 1 aromatic carbocycles. The first-order chi connectivity index (χ1) is 14.0. The minimum atomic E-state index is -0.864. The lowest BCUT2D eigenvalue weighted by atomic mass is 9.85. The lowest BCUT2D eigenvalue weighted by Gasteiger charge is -2.47. The zero-order chi connectivity index (χ0) is 20.4. The summed E-state index contributed by atoms with van der Waals surface area (Å²) >= 11 is 0. The topological polar surface area (TPSA) is 91.7 Å². The standard InChI is InChI=1S/C22H25N3O4/c1-14-6-4-7-15(12-14)23-20(26)13-18-21(27)24-16-8-2-3-9-17(16)25(18)22(28)19-10-5-11-29-19/h4-7,10-12,16-18H,2-3,8-9,13H2,1H3,(H,23,26)(H,24,27)/t16-,17-,18-/m0/s1. The van der Waals surface area contributed by atoms with Crippen LogP contribution in [0.25, 0.3) is 0 Å². The summed E-state index contributed by atoms with van der Waals surface area (Å²) < 4.78 is 5.30. The minimum absolute atomic E-state index is 0.0775. The molecule has 2 fully saturated rings. The van der Waals surface area contributed by atoms with E-state index in [1.54, 1.807) is 23.1 Å². The summed E-state index contributed by atoms with van der Waals surface area (Å²) in [6.07, 6.45) is 4.97. The maximum atomic E-state index is 13.2. The van der Waals surface area contributed by atoms with Gasteiger partial charge in [-0.15, -0.1) is 0 Å². The number of piperazine rings is 1. The third kappa shape index (κ3) is 4.04. The van der Waals surface area contributed by atoms with Gasteiger partial charge in [0.25, 0.3) is 5.91 Å². The summed E-state index contributed by atoms with van der Waals surface area (Å²) in [4.78, 5) is 40.3. The van der Waals surface area contributed by atoms with Crippen molar-refractivity contribution in [3.8, 4) is 0 Å². The van der Waals surface area contributed by atoms with E-state index in [-0.39, 0.29) is 42.0 Å². The third-order valence-electron chi connectivity index (χ3n) is 5.70. The van der Waals surface area contributed by atoms with Gasteiger partial charge in [0.15, 0.2) is 5.76 Å². The van der Waals surface area contributed by atoms with Gasteiger partial charge in [0, 0.05) is 11.7 Å². The molecule has 4 rings (SSSR count). The van der Waals surface area contributed by atoms with Crippen molar-refractivity contribution < 1.29 is 18.8 Å². The predicted octanol–water partition coefficient (Wildman–Crippen LogP) is 2.87. The molecule has 0 unspecified atom stereocenters. The molecule has 2 aliphatic rings. The fourth-order valence-electron chi connectivity index (χ4n) is 4.37. The number of benzene rings is 1. The van der Waals surface area contributed by atoms with Crippen LogP contribution in [0.15, 0.2) is 47.1 Å². The van der Waals surface area contributed by atoms with Gasteiger partial charge in [0.2, 0.25) is 11.8 Å².